The third-order valence-electron chi connectivity index (χ3n) is 3.77. The summed E-state index contributed by atoms with van der Waals surface area (Å²) in [6, 6.07) is 7.66. The molecule has 1 saturated carbocycles. The first-order valence-corrected chi connectivity index (χ1v) is 8.39. The summed E-state index contributed by atoms with van der Waals surface area (Å²) in [5, 5.41) is 0.712. The second-order valence-electron chi connectivity index (χ2n) is 5.35. The number of hydrogen-bond acceptors (Lipinski definition) is 5. The number of aromatic nitrogens is 2. The van der Waals surface area contributed by atoms with Crippen molar-refractivity contribution in [2.24, 2.45) is 0 Å². The van der Waals surface area contributed by atoms with Gasteiger partial charge in [0.2, 0.25) is 5.95 Å². The molecule has 0 atom stereocenters. The fraction of sp³-hybridized carbons (Fsp3) is 0.312. The first kappa shape index (κ1) is 15.3. The second-order valence-corrected chi connectivity index (χ2v) is 6.90. The molecule has 0 aliphatic heterocycles. The van der Waals surface area contributed by atoms with Crippen LogP contribution in [0.25, 0.3) is 0 Å². The highest BCUT2D eigenvalue weighted by atomic mass is 35.5. The summed E-state index contributed by atoms with van der Waals surface area (Å²) in [5.41, 5.74) is 6.72. The number of nitrogens with zero attached hydrogens (tertiary/aromatic N) is 2. The average Bonchev–Trinajstić information content (AvgIpc) is 2.52. The van der Waals surface area contributed by atoms with Crippen LogP contribution in [0, 0.1) is 0 Å². The molecule has 2 N–H and O–H groups in total. The number of rotatable bonds is 3. The molecule has 0 unspecified atom stereocenters. The van der Waals surface area contributed by atoms with Crippen molar-refractivity contribution in [2.75, 3.05) is 5.73 Å². The normalized spacial score (nSPS) is 16.0. The number of carbonyl (C=O) groups excluding carboxylic acids is 1. The lowest BCUT2D eigenvalue weighted by Gasteiger charge is -2.22. The van der Waals surface area contributed by atoms with Crippen LogP contribution in [-0.2, 0) is 4.79 Å². The number of benzene rings is 1. The molecule has 1 aliphatic rings. The third kappa shape index (κ3) is 3.59. The lowest BCUT2D eigenvalue weighted by molar-refractivity contribution is -0.120. The number of nitrogen functional groups attached to an aromatic ring is 1. The highest BCUT2D eigenvalue weighted by Crippen LogP contribution is 2.38. The van der Waals surface area contributed by atoms with Gasteiger partial charge in [0, 0.05) is 34.9 Å². The summed E-state index contributed by atoms with van der Waals surface area (Å²) < 4.78 is 0. The fourth-order valence-corrected chi connectivity index (χ4v) is 3.69. The van der Waals surface area contributed by atoms with Crippen molar-refractivity contribution in [1.29, 1.82) is 0 Å². The monoisotopic (exact) mass is 333 g/mol. The van der Waals surface area contributed by atoms with Gasteiger partial charge in [-0.05, 0) is 37.1 Å². The van der Waals surface area contributed by atoms with Crippen molar-refractivity contribution in [2.45, 2.75) is 41.4 Å². The minimum absolute atomic E-state index is 0.276. The predicted molar refractivity (Wildman–Crippen MR) is 88.2 cm³/mol. The molecule has 0 radical (unpaired) electrons. The van der Waals surface area contributed by atoms with Crippen LogP contribution in [0.2, 0.25) is 5.02 Å². The maximum absolute atomic E-state index is 11.4. The van der Waals surface area contributed by atoms with E-state index in [0.717, 1.165) is 28.3 Å². The van der Waals surface area contributed by atoms with Gasteiger partial charge in [-0.25, -0.2) is 9.97 Å². The molecule has 0 spiro atoms. The van der Waals surface area contributed by atoms with Gasteiger partial charge in [0.25, 0.3) is 0 Å². The zero-order valence-corrected chi connectivity index (χ0v) is 13.5. The molecule has 22 heavy (non-hydrogen) atoms. The largest absolute Gasteiger partial charge is 0.368 e. The second kappa shape index (κ2) is 6.67. The summed E-state index contributed by atoms with van der Waals surface area (Å²) in [7, 11) is 0. The molecule has 0 saturated heterocycles. The van der Waals surface area contributed by atoms with Crippen LogP contribution in [0.15, 0.2) is 40.3 Å². The minimum atomic E-state index is 0.276. The summed E-state index contributed by atoms with van der Waals surface area (Å²) in [6.45, 7) is 0. The molecule has 1 aromatic carbocycles. The Balaban J connectivity index is 1.87. The van der Waals surface area contributed by atoms with Crippen LogP contribution in [0.1, 0.15) is 37.3 Å². The number of nitrogens with two attached hydrogens (primary N) is 1. The Bertz CT molecular complexity index is 680. The molecule has 1 heterocycles. The van der Waals surface area contributed by atoms with Crippen molar-refractivity contribution in [1.82, 2.24) is 9.97 Å². The Morgan fingerprint density at radius 2 is 1.86 bits per heavy atom. The standard InChI is InChI=1S/C16H16ClN3OS/c17-11-3-7-13(8-4-11)22-14-9-19-16(18)20-15(14)10-1-5-12(21)6-2-10/h3-4,7-10H,1-2,5-6H2,(H2,18,19,20). The van der Waals surface area contributed by atoms with Crippen molar-refractivity contribution in [3.63, 3.8) is 0 Å². The highest BCUT2D eigenvalue weighted by molar-refractivity contribution is 7.99. The molecule has 4 nitrogen and oxygen atoms in total. The van der Waals surface area contributed by atoms with Crippen molar-refractivity contribution in [3.05, 3.63) is 41.2 Å². The lowest BCUT2D eigenvalue weighted by atomic mass is 9.86. The summed E-state index contributed by atoms with van der Waals surface area (Å²) in [6.07, 6.45) is 4.69. The zero-order valence-electron chi connectivity index (χ0n) is 12.0. The number of ketones is 1. The van der Waals surface area contributed by atoms with E-state index in [1.54, 1.807) is 18.0 Å². The zero-order chi connectivity index (χ0) is 15.5. The van der Waals surface area contributed by atoms with Gasteiger partial charge in [-0.1, -0.05) is 23.4 Å². The Morgan fingerprint density at radius 1 is 1.18 bits per heavy atom. The first-order chi connectivity index (χ1) is 10.6. The quantitative estimate of drug-likeness (QED) is 0.916. The third-order valence-corrected chi connectivity index (χ3v) is 5.07. The van der Waals surface area contributed by atoms with Gasteiger partial charge >= 0.3 is 0 Å². The van der Waals surface area contributed by atoms with E-state index in [0.29, 0.717) is 23.6 Å². The van der Waals surface area contributed by atoms with Crippen molar-refractivity contribution in [3.8, 4) is 0 Å². The molecule has 1 aliphatic carbocycles. The van der Waals surface area contributed by atoms with E-state index in [1.165, 1.54) is 0 Å². The smallest absolute Gasteiger partial charge is 0.220 e. The molecule has 0 bridgehead atoms. The van der Waals surface area contributed by atoms with Crippen LogP contribution in [-0.4, -0.2) is 15.8 Å². The Morgan fingerprint density at radius 3 is 2.55 bits per heavy atom. The maximum atomic E-state index is 11.4. The molecule has 114 valence electrons. The fourth-order valence-electron chi connectivity index (χ4n) is 2.61. The summed E-state index contributed by atoms with van der Waals surface area (Å²) in [4.78, 5) is 22.1. The van der Waals surface area contributed by atoms with Crippen molar-refractivity contribution < 1.29 is 4.79 Å². The van der Waals surface area contributed by atoms with Crippen LogP contribution < -0.4 is 5.73 Å². The molecule has 0 amide bonds. The van der Waals surface area contributed by atoms with Gasteiger partial charge in [0.05, 0.1) is 10.6 Å². The molecule has 6 heteroatoms. The SMILES string of the molecule is Nc1ncc(Sc2ccc(Cl)cc2)c(C2CCC(=O)CC2)n1. The van der Waals surface area contributed by atoms with E-state index < -0.39 is 0 Å². The van der Waals surface area contributed by atoms with Crippen LogP contribution in [0.5, 0.6) is 0 Å². The van der Waals surface area contributed by atoms with Crippen LogP contribution in [0.3, 0.4) is 0 Å². The highest BCUT2D eigenvalue weighted by Gasteiger charge is 2.24. The summed E-state index contributed by atoms with van der Waals surface area (Å²) >= 11 is 7.52. The van der Waals surface area contributed by atoms with E-state index >= 15 is 0 Å². The van der Waals surface area contributed by atoms with E-state index in [-0.39, 0.29) is 11.9 Å². The minimum Gasteiger partial charge on any atom is -0.368 e. The number of Topliss-reactive ketones (excluding diaryl/α,β-unsaturated/α-hetero) is 1. The van der Waals surface area contributed by atoms with Gasteiger partial charge in [0.1, 0.15) is 5.78 Å². The average molecular weight is 334 g/mol. The summed E-state index contributed by atoms with van der Waals surface area (Å²) in [5.74, 6) is 0.898. The van der Waals surface area contributed by atoms with Gasteiger partial charge in [0.15, 0.2) is 0 Å². The predicted octanol–water partition coefficient (Wildman–Crippen LogP) is 4.09. The Labute approximate surface area is 138 Å². The van der Waals surface area contributed by atoms with E-state index in [1.807, 2.05) is 24.3 Å². The van der Waals surface area contributed by atoms with E-state index in [9.17, 15) is 4.79 Å². The van der Waals surface area contributed by atoms with Gasteiger partial charge in [-0.15, -0.1) is 0 Å². The van der Waals surface area contributed by atoms with E-state index in [4.69, 9.17) is 17.3 Å². The lowest BCUT2D eigenvalue weighted by Crippen LogP contribution is -2.15. The Kier molecular flexibility index (Phi) is 4.64. The maximum Gasteiger partial charge on any atom is 0.220 e. The molecular formula is C16H16ClN3OS. The number of carbonyl (C=O) groups is 1. The number of hydrogen-bond donors (Lipinski definition) is 1. The van der Waals surface area contributed by atoms with Crippen LogP contribution in [0.4, 0.5) is 5.95 Å². The molecule has 3 rings (SSSR count). The number of halogens is 1. The van der Waals surface area contributed by atoms with E-state index in [2.05, 4.69) is 9.97 Å². The van der Waals surface area contributed by atoms with Gasteiger partial charge < -0.3 is 5.73 Å². The first-order valence-electron chi connectivity index (χ1n) is 7.19. The molecule has 1 fully saturated rings. The number of anilines is 1. The topological polar surface area (TPSA) is 68.9 Å². The molecule has 1 aromatic heterocycles. The Hall–Kier alpha value is -1.59. The molecular weight excluding hydrogens is 318 g/mol. The van der Waals surface area contributed by atoms with Crippen LogP contribution >= 0.6 is 23.4 Å². The van der Waals surface area contributed by atoms with Gasteiger partial charge in [-0.2, -0.15) is 0 Å². The van der Waals surface area contributed by atoms with Crippen molar-refractivity contribution >= 4 is 35.1 Å². The molecule has 2 aromatic rings. The van der Waals surface area contributed by atoms with Gasteiger partial charge in [-0.3, -0.25) is 4.79 Å².